The van der Waals surface area contributed by atoms with Gasteiger partial charge in [-0.25, -0.2) is 9.97 Å². The molecule has 0 aliphatic rings. The summed E-state index contributed by atoms with van der Waals surface area (Å²) in [5.41, 5.74) is 0. The Labute approximate surface area is 123 Å². The van der Waals surface area contributed by atoms with E-state index >= 15 is 0 Å². The summed E-state index contributed by atoms with van der Waals surface area (Å²) in [5, 5.41) is 6.67. The Morgan fingerprint density at radius 1 is 1.32 bits per heavy atom. The number of nitrogens with one attached hydrogen (secondary N) is 2. The Bertz CT molecular complexity index is 387. The molecule has 0 radical (unpaired) electrons. The molecule has 0 saturated heterocycles. The van der Waals surface area contributed by atoms with Crippen molar-refractivity contribution in [2.75, 3.05) is 30.9 Å². The second-order valence-corrected chi connectivity index (χ2v) is 5.55. The number of aromatic nitrogens is 2. The number of anilines is 2. The summed E-state index contributed by atoms with van der Waals surface area (Å²) in [5.74, 6) is 2.07. The van der Waals surface area contributed by atoms with Gasteiger partial charge in [-0.05, 0) is 28.3 Å². The van der Waals surface area contributed by atoms with Crippen LogP contribution in [0.4, 0.5) is 11.6 Å². The molecule has 1 heterocycles. The molecule has 108 valence electrons. The highest BCUT2D eigenvalue weighted by Crippen LogP contribution is 2.27. The number of hydrogen-bond donors (Lipinski definition) is 2. The number of halogens is 1. The quantitative estimate of drug-likeness (QED) is 0.766. The molecule has 6 heteroatoms. The molecule has 5 nitrogen and oxygen atoms in total. The topological polar surface area (TPSA) is 59.1 Å². The average molecular weight is 331 g/mol. The van der Waals surface area contributed by atoms with Crippen LogP contribution in [0, 0.1) is 5.92 Å². The van der Waals surface area contributed by atoms with E-state index in [2.05, 4.69) is 57.3 Å². The maximum atomic E-state index is 5.24. The van der Waals surface area contributed by atoms with Gasteiger partial charge in [-0.1, -0.05) is 20.8 Å². The van der Waals surface area contributed by atoms with Gasteiger partial charge in [0.1, 0.15) is 22.4 Å². The zero-order valence-electron chi connectivity index (χ0n) is 12.0. The van der Waals surface area contributed by atoms with Crippen molar-refractivity contribution in [3.05, 3.63) is 10.8 Å². The number of hydrogen-bond acceptors (Lipinski definition) is 5. The van der Waals surface area contributed by atoms with E-state index in [9.17, 15) is 0 Å². The lowest BCUT2D eigenvalue weighted by Crippen LogP contribution is -2.31. The minimum Gasteiger partial charge on any atom is -0.383 e. The van der Waals surface area contributed by atoms with Crippen molar-refractivity contribution in [1.82, 2.24) is 9.97 Å². The van der Waals surface area contributed by atoms with Gasteiger partial charge >= 0.3 is 0 Å². The highest BCUT2D eigenvalue weighted by atomic mass is 79.9. The molecule has 19 heavy (non-hydrogen) atoms. The van der Waals surface area contributed by atoms with Crippen LogP contribution in [-0.2, 0) is 4.74 Å². The van der Waals surface area contributed by atoms with Crippen LogP contribution >= 0.6 is 15.9 Å². The predicted molar refractivity (Wildman–Crippen MR) is 82.6 cm³/mol. The summed E-state index contributed by atoms with van der Waals surface area (Å²) in [6.45, 7) is 7.96. The molecular formula is C13H23BrN4O. The standard InChI is InChI=1S/C13H23BrN4O/c1-5-6-15-12-11(14)13(17-8-16-12)18-10(7-19-4)9(2)3/h8-10H,5-7H2,1-4H3,(H2,15,16,17,18). The molecule has 1 aromatic rings. The molecule has 1 atom stereocenters. The summed E-state index contributed by atoms with van der Waals surface area (Å²) in [7, 11) is 1.71. The molecule has 0 amide bonds. The maximum absolute atomic E-state index is 5.24. The molecule has 0 fully saturated rings. The number of rotatable bonds is 8. The minimum atomic E-state index is 0.218. The van der Waals surface area contributed by atoms with E-state index in [-0.39, 0.29) is 6.04 Å². The van der Waals surface area contributed by atoms with Crippen LogP contribution in [0.5, 0.6) is 0 Å². The van der Waals surface area contributed by atoms with E-state index in [4.69, 9.17) is 4.74 Å². The molecule has 0 aromatic carbocycles. The summed E-state index contributed by atoms with van der Waals surface area (Å²) >= 11 is 3.55. The Hall–Kier alpha value is -0.880. The van der Waals surface area contributed by atoms with Crippen LogP contribution in [0.1, 0.15) is 27.2 Å². The molecule has 0 aliphatic heterocycles. The Kier molecular flexibility index (Phi) is 7.09. The molecule has 1 unspecified atom stereocenters. The Balaban J connectivity index is 2.82. The second kappa shape index (κ2) is 8.32. The second-order valence-electron chi connectivity index (χ2n) is 4.76. The summed E-state index contributed by atoms with van der Waals surface area (Å²) in [4.78, 5) is 8.52. The smallest absolute Gasteiger partial charge is 0.146 e. The molecule has 1 aromatic heterocycles. The van der Waals surface area contributed by atoms with Crippen molar-refractivity contribution in [2.24, 2.45) is 5.92 Å². The lowest BCUT2D eigenvalue weighted by molar-refractivity contribution is 0.171. The third-order valence-electron chi connectivity index (χ3n) is 2.81. The first-order valence-corrected chi connectivity index (χ1v) is 7.39. The average Bonchev–Trinajstić information content (AvgIpc) is 2.38. The van der Waals surface area contributed by atoms with E-state index in [0.717, 1.165) is 29.1 Å². The Morgan fingerprint density at radius 3 is 2.58 bits per heavy atom. The van der Waals surface area contributed by atoms with Crippen molar-refractivity contribution >= 4 is 27.6 Å². The van der Waals surface area contributed by atoms with Gasteiger partial charge in [0.2, 0.25) is 0 Å². The highest BCUT2D eigenvalue weighted by Gasteiger charge is 2.16. The van der Waals surface area contributed by atoms with Gasteiger partial charge in [-0.3, -0.25) is 0 Å². The van der Waals surface area contributed by atoms with Crippen LogP contribution in [-0.4, -0.2) is 36.3 Å². The van der Waals surface area contributed by atoms with Crippen molar-refractivity contribution in [2.45, 2.75) is 33.2 Å². The highest BCUT2D eigenvalue weighted by molar-refractivity contribution is 9.10. The van der Waals surface area contributed by atoms with Crippen LogP contribution in [0.25, 0.3) is 0 Å². The predicted octanol–water partition coefficient (Wildman–Crippen LogP) is 3.14. The van der Waals surface area contributed by atoms with Gasteiger partial charge in [0.25, 0.3) is 0 Å². The SMILES string of the molecule is CCCNc1ncnc(NC(COC)C(C)C)c1Br. The number of methoxy groups -OCH3 is 1. The molecule has 0 aliphatic carbocycles. The first-order chi connectivity index (χ1) is 9.10. The largest absolute Gasteiger partial charge is 0.383 e. The molecular weight excluding hydrogens is 308 g/mol. The van der Waals surface area contributed by atoms with Crippen molar-refractivity contribution in [1.29, 1.82) is 0 Å². The van der Waals surface area contributed by atoms with Crippen molar-refractivity contribution < 1.29 is 4.74 Å². The van der Waals surface area contributed by atoms with Crippen LogP contribution in [0.15, 0.2) is 10.8 Å². The third-order valence-corrected chi connectivity index (χ3v) is 3.56. The fraction of sp³-hybridized carbons (Fsp3) is 0.692. The Morgan fingerprint density at radius 2 is 2.00 bits per heavy atom. The first kappa shape index (κ1) is 16.2. The van der Waals surface area contributed by atoms with Gasteiger partial charge in [-0.2, -0.15) is 0 Å². The van der Waals surface area contributed by atoms with Gasteiger partial charge in [0.05, 0.1) is 12.6 Å². The maximum Gasteiger partial charge on any atom is 0.146 e. The van der Waals surface area contributed by atoms with E-state index in [1.165, 1.54) is 0 Å². The summed E-state index contributed by atoms with van der Waals surface area (Å²) < 4.78 is 6.10. The summed E-state index contributed by atoms with van der Waals surface area (Å²) in [6, 6.07) is 0.218. The zero-order valence-corrected chi connectivity index (χ0v) is 13.6. The monoisotopic (exact) mass is 330 g/mol. The fourth-order valence-electron chi connectivity index (χ4n) is 1.59. The normalized spacial score (nSPS) is 12.5. The summed E-state index contributed by atoms with van der Waals surface area (Å²) in [6.07, 6.45) is 2.62. The molecule has 0 saturated carbocycles. The van der Waals surface area contributed by atoms with Gasteiger partial charge in [-0.15, -0.1) is 0 Å². The fourth-order valence-corrected chi connectivity index (χ4v) is 2.05. The number of ether oxygens (including phenoxy) is 1. The van der Waals surface area contributed by atoms with Gasteiger partial charge in [0, 0.05) is 13.7 Å². The van der Waals surface area contributed by atoms with E-state index in [1.807, 2.05) is 0 Å². The van der Waals surface area contributed by atoms with E-state index in [0.29, 0.717) is 12.5 Å². The van der Waals surface area contributed by atoms with Gasteiger partial charge in [0.15, 0.2) is 0 Å². The molecule has 0 bridgehead atoms. The molecule has 0 spiro atoms. The molecule has 1 rings (SSSR count). The molecule has 2 N–H and O–H groups in total. The lowest BCUT2D eigenvalue weighted by Gasteiger charge is -2.23. The zero-order chi connectivity index (χ0) is 14.3. The van der Waals surface area contributed by atoms with Crippen molar-refractivity contribution in [3.8, 4) is 0 Å². The van der Waals surface area contributed by atoms with E-state index < -0.39 is 0 Å². The number of nitrogens with zero attached hydrogens (tertiary/aromatic N) is 2. The van der Waals surface area contributed by atoms with Gasteiger partial charge < -0.3 is 15.4 Å². The van der Waals surface area contributed by atoms with E-state index in [1.54, 1.807) is 13.4 Å². The van der Waals surface area contributed by atoms with Crippen LogP contribution in [0.2, 0.25) is 0 Å². The van der Waals surface area contributed by atoms with Crippen molar-refractivity contribution in [3.63, 3.8) is 0 Å². The first-order valence-electron chi connectivity index (χ1n) is 6.60. The third kappa shape index (κ3) is 4.95. The van der Waals surface area contributed by atoms with Crippen LogP contribution in [0.3, 0.4) is 0 Å². The lowest BCUT2D eigenvalue weighted by atomic mass is 10.1. The van der Waals surface area contributed by atoms with Crippen LogP contribution < -0.4 is 10.6 Å². The minimum absolute atomic E-state index is 0.218.